The molecular formula is C19H20N2O5. The maximum absolute atomic E-state index is 12.5. The fourth-order valence-corrected chi connectivity index (χ4v) is 2.53. The first-order valence-corrected chi connectivity index (χ1v) is 8.10. The van der Waals surface area contributed by atoms with Crippen molar-refractivity contribution in [1.82, 2.24) is 0 Å². The van der Waals surface area contributed by atoms with Crippen LogP contribution in [-0.4, -0.2) is 29.4 Å². The summed E-state index contributed by atoms with van der Waals surface area (Å²) in [4.78, 5) is 36.6. The van der Waals surface area contributed by atoms with Crippen LogP contribution in [0.3, 0.4) is 0 Å². The van der Waals surface area contributed by atoms with E-state index in [2.05, 4.69) is 0 Å². The van der Waals surface area contributed by atoms with Crippen molar-refractivity contribution in [2.45, 2.75) is 26.8 Å². The molecule has 2 rings (SSSR count). The van der Waals surface area contributed by atoms with E-state index in [0.29, 0.717) is 11.3 Å². The van der Waals surface area contributed by atoms with Crippen molar-refractivity contribution in [2.75, 3.05) is 11.5 Å². The van der Waals surface area contributed by atoms with Crippen LogP contribution in [0.1, 0.15) is 29.8 Å². The van der Waals surface area contributed by atoms with Crippen molar-refractivity contribution in [3.8, 4) is 0 Å². The quantitative estimate of drug-likeness (QED) is 0.449. The Kier molecular flexibility index (Phi) is 6.06. The maximum Gasteiger partial charge on any atom is 0.338 e. The minimum absolute atomic E-state index is 0.0332. The van der Waals surface area contributed by atoms with Crippen LogP contribution in [0.5, 0.6) is 0 Å². The van der Waals surface area contributed by atoms with E-state index in [0.717, 1.165) is 6.07 Å². The lowest BCUT2D eigenvalue weighted by molar-refractivity contribution is -0.385. The third-order valence-corrected chi connectivity index (χ3v) is 3.79. The molecule has 0 unspecified atom stereocenters. The van der Waals surface area contributed by atoms with Crippen LogP contribution in [0, 0.1) is 17.0 Å². The van der Waals surface area contributed by atoms with Gasteiger partial charge < -0.3 is 9.64 Å². The summed E-state index contributed by atoms with van der Waals surface area (Å²) >= 11 is 0. The largest absolute Gasteiger partial charge is 0.452 e. The highest BCUT2D eigenvalue weighted by atomic mass is 16.6. The predicted molar refractivity (Wildman–Crippen MR) is 97.2 cm³/mol. The molecular weight excluding hydrogens is 336 g/mol. The molecule has 1 amide bonds. The molecule has 0 spiro atoms. The van der Waals surface area contributed by atoms with Gasteiger partial charge in [0, 0.05) is 23.4 Å². The number of nitro benzene ring substituents is 1. The predicted octanol–water partition coefficient (Wildman–Crippen LogP) is 3.50. The van der Waals surface area contributed by atoms with Crippen LogP contribution in [0.15, 0.2) is 48.5 Å². The molecule has 0 radical (unpaired) electrons. The molecule has 0 aliphatic carbocycles. The molecule has 0 saturated carbocycles. The fourth-order valence-electron chi connectivity index (χ4n) is 2.53. The fraction of sp³-hybridized carbons (Fsp3) is 0.263. The second kappa shape index (κ2) is 8.24. The van der Waals surface area contributed by atoms with Crippen LogP contribution in [0.4, 0.5) is 11.4 Å². The van der Waals surface area contributed by atoms with Gasteiger partial charge in [-0.25, -0.2) is 4.79 Å². The number of ether oxygens (including phenoxy) is 1. The van der Waals surface area contributed by atoms with Crippen molar-refractivity contribution in [1.29, 1.82) is 0 Å². The first kappa shape index (κ1) is 19.1. The number of rotatable bonds is 6. The molecule has 2 aromatic carbocycles. The summed E-state index contributed by atoms with van der Waals surface area (Å²) in [5.41, 5.74) is 1.01. The monoisotopic (exact) mass is 356 g/mol. The van der Waals surface area contributed by atoms with Gasteiger partial charge in [-0.2, -0.15) is 0 Å². The van der Waals surface area contributed by atoms with Gasteiger partial charge in [-0.3, -0.25) is 14.9 Å². The summed E-state index contributed by atoms with van der Waals surface area (Å²) in [5.74, 6) is -1.15. The molecule has 0 atom stereocenters. The normalized spacial score (nSPS) is 10.5. The number of para-hydroxylation sites is 1. The topological polar surface area (TPSA) is 89.8 Å². The number of carbonyl (C=O) groups excluding carboxylic acids is 2. The minimum Gasteiger partial charge on any atom is -0.452 e. The number of hydrogen-bond acceptors (Lipinski definition) is 5. The Morgan fingerprint density at radius 2 is 1.81 bits per heavy atom. The highest BCUT2D eigenvalue weighted by molar-refractivity contribution is 5.97. The number of hydrogen-bond donors (Lipinski definition) is 0. The molecule has 7 heteroatoms. The molecule has 26 heavy (non-hydrogen) atoms. The molecule has 136 valence electrons. The third-order valence-electron chi connectivity index (χ3n) is 3.79. The van der Waals surface area contributed by atoms with Crippen LogP contribution in [0.2, 0.25) is 0 Å². The number of nitrogens with zero attached hydrogens (tertiary/aromatic N) is 2. The van der Waals surface area contributed by atoms with Gasteiger partial charge in [0.05, 0.1) is 10.5 Å². The van der Waals surface area contributed by atoms with Gasteiger partial charge in [-0.1, -0.05) is 24.3 Å². The minimum atomic E-state index is -0.779. The molecule has 0 bridgehead atoms. The smallest absolute Gasteiger partial charge is 0.338 e. The average Bonchev–Trinajstić information content (AvgIpc) is 2.60. The van der Waals surface area contributed by atoms with Crippen LogP contribution < -0.4 is 4.90 Å². The number of anilines is 1. The standard InChI is InChI=1S/C19H20N2O5/c1-13(2)20(16-7-5-4-6-8-16)18(22)12-26-19(23)15-10-9-14(3)17(11-15)21(24)25/h4-11,13H,12H2,1-3H3. The summed E-state index contributed by atoms with van der Waals surface area (Å²) in [7, 11) is 0. The number of amides is 1. The van der Waals surface area contributed by atoms with Gasteiger partial charge in [0.25, 0.3) is 11.6 Å². The Morgan fingerprint density at radius 3 is 2.38 bits per heavy atom. The summed E-state index contributed by atoms with van der Waals surface area (Å²) < 4.78 is 5.06. The van der Waals surface area contributed by atoms with Gasteiger partial charge >= 0.3 is 5.97 Å². The van der Waals surface area contributed by atoms with Gasteiger partial charge in [-0.15, -0.1) is 0 Å². The lowest BCUT2D eigenvalue weighted by atomic mass is 10.1. The molecule has 0 aromatic heterocycles. The zero-order valence-corrected chi connectivity index (χ0v) is 14.8. The van der Waals surface area contributed by atoms with E-state index in [1.165, 1.54) is 17.0 Å². The van der Waals surface area contributed by atoms with E-state index < -0.39 is 17.5 Å². The average molecular weight is 356 g/mol. The van der Waals surface area contributed by atoms with Crippen LogP contribution >= 0.6 is 0 Å². The summed E-state index contributed by atoms with van der Waals surface area (Å²) in [6.45, 7) is 4.84. The maximum atomic E-state index is 12.5. The van der Waals surface area contributed by atoms with Gasteiger partial charge in [0.1, 0.15) is 0 Å². The Morgan fingerprint density at radius 1 is 1.15 bits per heavy atom. The number of benzene rings is 2. The van der Waals surface area contributed by atoms with Crippen molar-refractivity contribution in [2.24, 2.45) is 0 Å². The third kappa shape index (κ3) is 4.44. The van der Waals surface area contributed by atoms with Crippen molar-refractivity contribution >= 4 is 23.3 Å². The van der Waals surface area contributed by atoms with Gasteiger partial charge in [0.15, 0.2) is 6.61 Å². The Hall–Kier alpha value is -3.22. The van der Waals surface area contributed by atoms with Crippen molar-refractivity contribution < 1.29 is 19.2 Å². The summed E-state index contributed by atoms with van der Waals surface area (Å²) in [5, 5.41) is 11.0. The molecule has 0 N–H and O–H groups in total. The Labute approximate surface area is 151 Å². The van der Waals surface area contributed by atoms with E-state index in [1.807, 2.05) is 32.0 Å². The zero-order valence-electron chi connectivity index (χ0n) is 14.8. The molecule has 0 saturated heterocycles. The van der Waals surface area contributed by atoms with Crippen LogP contribution in [-0.2, 0) is 9.53 Å². The van der Waals surface area contributed by atoms with E-state index in [-0.39, 0.29) is 23.2 Å². The lowest BCUT2D eigenvalue weighted by Gasteiger charge is -2.26. The van der Waals surface area contributed by atoms with Gasteiger partial charge in [0.2, 0.25) is 0 Å². The van der Waals surface area contributed by atoms with Crippen LogP contribution in [0.25, 0.3) is 0 Å². The van der Waals surface area contributed by atoms with E-state index >= 15 is 0 Å². The molecule has 0 aliphatic heterocycles. The van der Waals surface area contributed by atoms with Gasteiger partial charge in [-0.05, 0) is 39.0 Å². The number of nitro groups is 1. The number of aryl methyl sites for hydroxylation is 1. The van der Waals surface area contributed by atoms with Crippen molar-refractivity contribution in [3.05, 3.63) is 69.8 Å². The Balaban J connectivity index is 2.09. The first-order chi connectivity index (χ1) is 12.3. The highest BCUT2D eigenvalue weighted by Gasteiger charge is 2.22. The molecule has 7 nitrogen and oxygen atoms in total. The second-order valence-electron chi connectivity index (χ2n) is 6.03. The molecule has 0 aliphatic rings. The zero-order chi connectivity index (χ0) is 19.3. The van der Waals surface area contributed by atoms with E-state index in [9.17, 15) is 19.7 Å². The van der Waals surface area contributed by atoms with E-state index in [1.54, 1.807) is 19.1 Å². The SMILES string of the molecule is Cc1ccc(C(=O)OCC(=O)N(c2ccccc2)C(C)C)cc1[N+](=O)[O-]. The van der Waals surface area contributed by atoms with E-state index in [4.69, 9.17) is 4.74 Å². The van der Waals surface area contributed by atoms with Crippen molar-refractivity contribution in [3.63, 3.8) is 0 Å². The molecule has 0 fully saturated rings. The Bertz CT molecular complexity index is 818. The number of esters is 1. The first-order valence-electron chi connectivity index (χ1n) is 8.10. The number of carbonyl (C=O) groups is 2. The second-order valence-corrected chi connectivity index (χ2v) is 6.03. The molecule has 2 aromatic rings. The molecule has 0 heterocycles. The summed E-state index contributed by atoms with van der Waals surface area (Å²) in [6.07, 6.45) is 0. The lowest BCUT2D eigenvalue weighted by Crippen LogP contribution is -2.39. The summed E-state index contributed by atoms with van der Waals surface area (Å²) in [6, 6.07) is 13.0. The highest BCUT2D eigenvalue weighted by Crippen LogP contribution is 2.20.